The van der Waals surface area contributed by atoms with Crippen LogP contribution in [0.25, 0.3) is 0 Å². The molecule has 0 radical (unpaired) electrons. The van der Waals surface area contributed by atoms with E-state index in [4.69, 9.17) is 56.8 Å². The minimum absolute atomic E-state index is 0.0152. The van der Waals surface area contributed by atoms with Gasteiger partial charge in [-0.2, -0.15) is 0 Å². The zero-order chi connectivity index (χ0) is 67.4. The van der Waals surface area contributed by atoms with Crippen molar-refractivity contribution < 1.29 is 95.8 Å². The molecule has 0 aromatic heterocycles. The number of hydrogen-bond acceptors (Lipinski definition) is 20. The van der Waals surface area contributed by atoms with Crippen LogP contribution in [0, 0.1) is 0 Å². The van der Waals surface area contributed by atoms with Gasteiger partial charge in [-0.05, 0) is 112 Å². The Morgan fingerprint density at radius 1 is 0.311 bits per heavy atom. The van der Waals surface area contributed by atoms with Crippen LogP contribution in [0.4, 0.5) is 0 Å². The molecule has 0 fully saturated rings. The normalized spacial score (nSPS) is 11.4. The molecule has 0 saturated carbocycles. The first-order valence-electron chi connectivity index (χ1n) is 28.9. The molecule has 20 heteroatoms. The highest BCUT2D eigenvalue weighted by atomic mass is 16.6. The van der Waals surface area contributed by atoms with Crippen LogP contribution in [-0.2, 0) is 77.5 Å². The van der Waals surface area contributed by atoms with Crippen LogP contribution in [-0.4, -0.2) is 151 Å². The number of carbonyl (C=O) groups is 6. The molecule has 0 aliphatic heterocycles. The largest absolute Gasteiger partial charge is 0.491 e. The van der Waals surface area contributed by atoms with Gasteiger partial charge >= 0.3 is 35.8 Å². The quantitative estimate of drug-likeness (QED) is 0.0184. The van der Waals surface area contributed by atoms with Gasteiger partial charge in [0.15, 0.2) is 0 Å². The van der Waals surface area contributed by atoms with Gasteiger partial charge in [0.25, 0.3) is 0 Å². The van der Waals surface area contributed by atoms with Gasteiger partial charge in [-0.3, -0.25) is 0 Å². The lowest BCUT2D eigenvalue weighted by Gasteiger charge is -2.26. The van der Waals surface area contributed by atoms with Crippen molar-refractivity contribution in [2.45, 2.75) is 92.3 Å². The molecule has 4 rings (SSSR count). The first kappa shape index (κ1) is 77.3. The molecule has 4 aromatic carbocycles. The van der Waals surface area contributed by atoms with E-state index in [0.29, 0.717) is 71.7 Å². The minimum atomic E-state index is -0.951. The van der Waals surface area contributed by atoms with Gasteiger partial charge in [-0.1, -0.05) is 116 Å². The van der Waals surface area contributed by atoms with Crippen molar-refractivity contribution in [1.82, 2.24) is 0 Å². The summed E-state index contributed by atoms with van der Waals surface area (Å²) in [5.74, 6) is -0.213. The van der Waals surface area contributed by atoms with E-state index in [-0.39, 0.29) is 88.0 Å². The van der Waals surface area contributed by atoms with Gasteiger partial charge in [0.05, 0.1) is 26.4 Å². The molecule has 0 saturated heterocycles. The molecule has 90 heavy (non-hydrogen) atoms. The standard InChI is InChI=1S/C29H36O8.C27H32O6.C14H22O6/c1-19(2)27(32)36-17-23(30)15-34-25-11-7-21(8-12-25)29(5,6)22-9-13-26(14-10-22)35-16-24(31)18-37-28(33)20(3)4;1-19(2)25(28)32-17-15-30-23-11-7-21(8-12-23)27(5,6)22-9-13-24(14-10-22)31-16-18-33-26(29)20(3)4;1-11(2)13(15)19-9-7-17-5-6-18-8-10-20-14(16)12(3)4/h7-14,23-24,30-31H,1,3,15-18H2,2,4-6H3;7-14H,1,3,15-18H2,2,4-6H3;1,3,5-10H2,2,4H3. The molecule has 4 aromatic rings. The topological polar surface area (TPSA) is 254 Å². The van der Waals surface area contributed by atoms with Crippen molar-refractivity contribution in [1.29, 1.82) is 0 Å². The molecule has 0 aliphatic carbocycles. The van der Waals surface area contributed by atoms with Crippen molar-refractivity contribution in [3.05, 3.63) is 192 Å². The molecule has 0 spiro atoms. The predicted molar refractivity (Wildman–Crippen MR) is 340 cm³/mol. The van der Waals surface area contributed by atoms with Gasteiger partial charge in [-0.25, -0.2) is 28.8 Å². The Balaban J connectivity index is 0.000000481. The van der Waals surface area contributed by atoms with E-state index in [1.807, 2.05) is 97.1 Å². The van der Waals surface area contributed by atoms with E-state index < -0.39 is 48.0 Å². The van der Waals surface area contributed by atoms with Crippen molar-refractivity contribution >= 4 is 35.8 Å². The Hall–Kier alpha value is -8.82. The molecular formula is C70H90O20. The van der Waals surface area contributed by atoms with Gasteiger partial charge < -0.3 is 67.1 Å². The number of aliphatic hydroxyl groups is 2. The predicted octanol–water partition coefficient (Wildman–Crippen LogP) is 10.00. The Kier molecular flexibility index (Phi) is 34.9. The molecule has 0 bridgehead atoms. The summed E-state index contributed by atoms with van der Waals surface area (Å²) in [6.07, 6.45) is -1.90. The number of esters is 6. The van der Waals surface area contributed by atoms with E-state index >= 15 is 0 Å². The molecular weight excluding hydrogens is 1160 g/mol. The van der Waals surface area contributed by atoms with Crippen LogP contribution >= 0.6 is 0 Å². The fourth-order valence-corrected chi connectivity index (χ4v) is 7.06. The lowest BCUT2D eigenvalue weighted by molar-refractivity contribution is -0.143. The van der Waals surface area contributed by atoms with Crippen LogP contribution in [0.1, 0.15) is 91.5 Å². The van der Waals surface area contributed by atoms with Crippen molar-refractivity contribution in [3.8, 4) is 23.0 Å². The summed E-state index contributed by atoms with van der Waals surface area (Å²) in [7, 11) is 0. The van der Waals surface area contributed by atoms with Gasteiger partial charge in [0, 0.05) is 44.3 Å². The van der Waals surface area contributed by atoms with E-state index in [0.717, 1.165) is 22.3 Å². The molecule has 0 amide bonds. The zero-order valence-electron chi connectivity index (χ0n) is 53.8. The number of aliphatic hydroxyl groups excluding tert-OH is 2. The summed E-state index contributed by atoms with van der Waals surface area (Å²) in [5, 5.41) is 19.9. The second kappa shape index (κ2) is 40.7. The molecule has 20 nitrogen and oxygen atoms in total. The molecule has 2 N–H and O–H groups in total. The summed E-state index contributed by atoms with van der Waals surface area (Å²) in [6, 6.07) is 30.8. The first-order chi connectivity index (χ1) is 42.4. The lowest BCUT2D eigenvalue weighted by Crippen LogP contribution is -2.25. The average molecular weight is 1250 g/mol. The monoisotopic (exact) mass is 1250 g/mol. The van der Waals surface area contributed by atoms with Crippen molar-refractivity contribution in [2.75, 3.05) is 92.5 Å². The van der Waals surface area contributed by atoms with Crippen LogP contribution in [0.2, 0.25) is 0 Å². The summed E-state index contributed by atoms with van der Waals surface area (Å²) in [5.41, 5.74) is 5.81. The van der Waals surface area contributed by atoms with Crippen molar-refractivity contribution in [2.24, 2.45) is 0 Å². The van der Waals surface area contributed by atoms with Crippen LogP contribution < -0.4 is 18.9 Å². The lowest BCUT2D eigenvalue weighted by atomic mass is 9.78. The highest BCUT2D eigenvalue weighted by Crippen LogP contribution is 2.35. The number of rotatable bonds is 37. The van der Waals surface area contributed by atoms with E-state index in [1.54, 1.807) is 27.7 Å². The Labute approximate surface area is 529 Å². The summed E-state index contributed by atoms with van der Waals surface area (Å²) in [4.78, 5) is 67.6. The average Bonchev–Trinajstić information content (AvgIpc) is 2.20. The molecule has 0 aliphatic rings. The van der Waals surface area contributed by atoms with E-state index in [2.05, 4.69) is 67.2 Å². The SMILES string of the molecule is C=C(C)C(=O)OCC(O)COc1ccc(C(C)(C)c2ccc(OCC(O)COC(=O)C(=C)C)cc2)cc1.C=C(C)C(=O)OCCOCCOCCOC(=O)C(=C)C.C=C(C)C(=O)OCCOc1ccc(C(C)(C)c2ccc(OCCOC(=O)C(=C)C)cc2)cc1. The first-order valence-corrected chi connectivity index (χ1v) is 28.9. The highest BCUT2D eigenvalue weighted by molar-refractivity contribution is 5.89. The third kappa shape index (κ3) is 30.4. The Bertz CT molecular complexity index is 2790. The Morgan fingerprint density at radius 2 is 0.511 bits per heavy atom. The number of ether oxygens (including phenoxy) is 12. The van der Waals surface area contributed by atoms with Crippen LogP contribution in [0.5, 0.6) is 23.0 Å². The van der Waals surface area contributed by atoms with Gasteiger partial charge in [-0.15, -0.1) is 0 Å². The van der Waals surface area contributed by atoms with Gasteiger partial charge in [0.2, 0.25) is 0 Å². The Morgan fingerprint density at radius 3 is 0.744 bits per heavy atom. The van der Waals surface area contributed by atoms with Gasteiger partial charge in [0.1, 0.15) is 101 Å². The maximum Gasteiger partial charge on any atom is 0.333 e. The highest BCUT2D eigenvalue weighted by Gasteiger charge is 2.25. The maximum absolute atomic E-state index is 11.4. The van der Waals surface area contributed by atoms with Crippen molar-refractivity contribution in [3.63, 3.8) is 0 Å². The minimum Gasteiger partial charge on any atom is -0.491 e. The third-order valence-corrected chi connectivity index (χ3v) is 12.6. The molecule has 2 unspecified atom stereocenters. The molecule has 2 atom stereocenters. The fourth-order valence-electron chi connectivity index (χ4n) is 7.06. The maximum atomic E-state index is 11.4. The third-order valence-electron chi connectivity index (χ3n) is 12.6. The smallest absolute Gasteiger partial charge is 0.333 e. The number of carbonyl (C=O) groups excluding carboxylic acids is 6. The number of benzene rings is 4. The zero-order valence-corrected chi connectivity index (χ0v) is 53.8. The second-order valence-electron chi connectivity index (χ2n) is 21.6. The van der Waals surface area contributed by atoms with E-state index in [9.17, 15) is 39.0 Å². The summed E-state index contributed by atoms with van der Waals surface area (Å²) < 4.78 is 62.4. The van der Waals surface area contributed by atoms with Crippen LogP contribution in [0.3, 0.4) is 0 Å². The summed E-state index contributed by atoms with van der Waals surface area (Å²) in [6.45, 7) is 41.1. The fraction of sp³-hybridized carbons (Fsp3) is 0.400. The molecule has 0 heterocycles. The second-order valence-corrected chi connectivity index (χ2v) is 21.6. The van der Waals surface area contributed by atoms with E-state index in [1.165, 1.54) is 13.8 Å². The molecule has 490 valence electrons. The summed E-state index contributed by atoms with van der Waals surface area (Å²) >= 11 is 0. The number of hydrogen-bond donors (Lipinski definition) is 2. The van der Waals surface area contributed by atoms with Crippen LogP contribution in [0.15, 0.2) is 170 Å².